The lowest BCUT2D eigenvalue weighted by molar-refractivity contribution is 0.0562. The number of Topliss-reactive ketones (excluding diaryl/α,β-unsaturated/α-hetero) is 1. The molecule has 0 radical (unpaired) electrons. The van der Waals surface area contributed by atoms with E-state index in [0.717, 1.165) is 5.56 Å². The fourth-order valence-corrected chi connectivity index (χ4v) is 2.11. The van der Waals surface area contributed by atoms with Gasteiger partial charge in [-0.3, -0.25) is 4.79 Å². The van der Waals surface area contributed by atoms with E-state index in [4.69, 9.17) is 4.42 Å². The minimum Gasteiger partial charge on any atom is -0.463 e. The van der Waals surface area contributed by atoms with Crippen molar-refractivity contribution in [1.29, 1.82) is 0 Å². The van der Waals surface area contributed by atoms with Gasteiger partial charge >= 0.3 is 5.97 Å². The van der Waals surface area contributed by atoms with Crippen molar-refractivity contribution in [2.45, 2.75) is 19.3 Å². The van der Waals surface area contributed by atoms with E-state index in [9.17, 15) is 9.59 Å². The molecule has 104 valence electrons. The summed E-state index contributed by atoms with van der Waals surface area (Å²) in [5.41, 5.74) is 0.941. The highest BCUT2D eigenvalue weighted by molar-refractivity contribution is 5.99. The van der Waals surface area contributed by atoms with Crippen molar-refractivity contribution in [3.63, 3.8) is 0 Å². The van der Waals surface area contributed by atoms with Crippen LogP contribution in [0, 0.1) is 0 Å². The molecule has 0 aliphatic rings. The monoisotopic (exact) mass is 272 g/mol. The van der Waals surface area contributed by atoms with Crippen LogP contribution in [0.25, 0.3) is 0 Å². The van der Waals surface area contributed by atoms with E-state index in [1.165, 1.54) is 19.2 Å². The SMILES string of the molecule is CCC(C(=O)c1ccc(C(=O)OC)o1)c1ccccc1. The molecule has 1 aromatic heterocycles. The van der Waals surface area contributed by atoms with Crippen LogP contribution in [0.1, 0.15) is 45.9 Å². The molecule has 1 unspecified atom stereocenters. The zero-order chi connectivity index (χ0) is 14.5. The highest BCUT2D eigenvalue weighted by Crippen LogP contribution is 2.25. The Morgan fingerprint density at radius 1 is 1.10 bits per heavy atom. The smallest absolute Gasteiger partial charge is 0.373 e. The number of carbonyl (C=O) groups is 2. The molecule has 0 spiro atoms. The van der Waals surface area contributed by atoms with Gasteiger partial charge in [0.25, 0.3) is 0 Å². The van der Waals surface area contributed by atoms with E-state index in [-0.39, 0.29) is 23.2 Å². The summed E-state index contributed by atoms with van der Waals surface area (Å²) >= 11 is 0. The maximum atomic E-state index is 12.5. The predicted molar refractivity (Wildman–Crippen MR) is 73.9 cm³/mol. The number of ether oxygens (including phenoxy) is 1. The average molecular weight is 272 g/mol. The van der Waals surface area contributed by atoms with Gasteiger partial charge in [0.2, 0.25) is 11.5 Å². The Morgan fingerprint density at radius 2 is 1.75 bits per heavy atom. The highest BCUT2D eigenvalue weighted by Gasteiger charge is 2.24. The van der Waals surface area contributed by atoms with Crippen LogP contribution < -0.4 is 0 Å². The molecular formula is C16H16O4. The molecule has 0 fully saturated rings. The highest BCUT2D eigenvalue weighted by atomic mass is 16.5. The molecule has 1 heterocycles. The van der Waals surface area contributed by atoms with Crippen molar-refractivity contribution < 1.29 is 18.7 Å². The fraction of sp³-hybridized carbons (Fsp3) is 0.250. The van der Waals surface area contributed by atoms with Crippen LogP contribution in [0.5, 0.6) is 0 Å². The number of benzene rings is 1. The number of rotatable bonds is 5. The molecule has 0 N–H and O–H groups in total. The van der Waals surface area contributed by atoms with Crippen molar-refractivity contribution in [2.75, 3.05) is 7.11 Å². The Morgan fingerprint density at radius 3 is 2.35 bits per heavy atom. The summed E-state index contributed by atoms with van der Waals surface area (Å²) in [6.07, 6.45) is 0.664. The number of hydrogen-bond donors (Lipinski definition) is 0. The summed E-state index contributed by atoms with van der Waals surface area (Å²) in [6.45, 7) is 1.94. The Bertz CT molecular complexity index is 598. The van der Waals surface area contributed by atoms with Gasteiger partial charge in [-0.2, -0.15) is 0 Å². The maximum Gasteiger partial charge on any atom is 0.373 e. The van der Waals surface area contributed by atoms with Gasteiger partial charge in [0.1, 0.15) is 0 Å². The van der Waals surface area contributed by atoms with Crippen LogP contribution in [0.3, 0.4) is 0 Å². The van der Waals surface area contributed by atoms with Crippen LogP contribution in [-0.2, 0) is 4.74 Å². The summed E-state index contributed by atoms with van der Waals surface area (Å²) in [6, 6.07) is 12.5. The predicted octanol–water partition coefficient (Wildman–Crippen LogP) is 3.44. The number of furan rings is 1. The van der Waals surface area contributed by atoms with Gasteiger partial charge in [-0.15, -0.1) is 0 Å². The molecule has 1 aromatic carbocycles. The molecule has 0 aliphatic carbocycles. The molecule has 4 heteroatoms. The maximum absolute atomic E-state index is 12.5. The minimum atomic E-state index is -0.586. The van der Waals surface area contributed by atoms with Crippen LogP contribution >= 0.6 is 0 Å². The van der Waals surface area contributed by atoms with Crippen molar-refractivity contribution in [2.24, 2.45) is 0 Å². The Kier molecular flexibility index (Phi) is 4.35. The van der Waals surface area contributed by atoms with Crippen LogP contribution in [-0.4, -0.2) is 18.9 Å². The molecule has 0 saturated carbocycles. The van der Waals surface area contributed by atoms with Gasteiger partial charge in [-0.05, 0) is 24.1 Å². The summed E-state index contributed by atoms with van der Waals surface area (Å²) in [5, 5.41) is 0. The Hall–Kier alpha value is -2.36. The van der Waals surface area contributed by atoms with Crippen molar-refractivity contribution in [1.82, 2.24) is 0 Å². The number of carbonyl (C=O) groups excluding carboxylic acids is 2. The van der Waals surface area contributed by atoms with Gasteiger partial charge in [-0.1, -0.05) is 37.3 Å². The third kappa shape index (κ3) is 2.79. The number of ketones is 1. The first-order chi connectivity index (χ1) is 9.67. The average Bonchev–Trinajstić information content (AvgIpc) is 2.98. The molecule has 2 rings (SSSR count). The summed E-state index contributed by atoms with van der Waals surface area (Å²) in [4.78, 5) is 23.8. The van der Waals surface area contributed by atoms with Gasteiger partial charge in [0.05, 0.1) is 13.0 Å². The quantitative estimate of drug-likeness (QED) is 0.618. The number of hydrogen-bond acceptors (Lipinski definition) is 4. The lowest BCUT2D eigenvalue weighted by Crippen LogP contribution is -2.11. The topological polar surface area (TPSA) is 56.5 Å². The second kappa shape index (κ2) is 6.19. The van der Waals surface area contributed by atoms with Gasteiger partial charge < -0.3 is 9.15 Å². The van der Waals surface area contributed by atoms with Crippen molar-refractivity contribution >= 4 is 11.8 Å². The number of esters is 1. The molecule has 0 aliphatic heterocycles. The summed E-state index contributed by atoms with van der Waals surface area (Å²) in [5.74, 6) is -0.765. The molecule has 0 bridgehead atoms. The summed E-state index contributed by atoms with van der Waals surface area (Å²) in [7, 11) is 1.27. The lowest BCUT2D eigenvalue weighted by atomic mass is 9.91. The van der Waals surface area contributed by atoms with E-state index in [0.29, 0.717) is 6.42 Å². The molecule has 20 heavy (non-hydrogen) atoms. The fourth-order valence-electron chi connectivity index (χ4n) is 2.11. The first-order valence-electron chi connectivity index (χ1n) is 6.44. The molecule has 4 nitrogen and oxygen atoms in total. The van der Waals surface area contributed by atoms with Gasteiger partial charge in [-0.25, -0.2) is 4.79 Å². The van der Waals surface area contributed by atoms with Gasteiger partial charge in [0.15, 0.2) is 5.76 Å². The largest absolute Gasteiger partial charge is 0.463 e. The van der Waals surface area contributed by atoms with Crippen LogP contribution in [0.15, 0.2) is 46.9 Å². The zero-order valence-electron chi connectivity index (χ0n) is 11.5. The molecule has 0 amide bonds. The number of methoxy groups -OCH3 is 1. The van der Waals surface area contributed by atoms with E-state index in [1.807, 2.05) is 37.3 Å². The van der Waals surface area contributed by atoms with Gasteiger partial charge in [0, 0.05) is 0 Å². The second-order valence-corrected chi connectivity index (χ2v) is 4.39. The third-order valence-corrected chi connectivity index (χ3v) is 3.16. The van der Waals surface area contributed by atoms with E-state index in [1.54, 1.807) is 0 Å². The van der Waals surface area contributed by atoms with E-state index >= 15 is 0 Å². The molecule has 0 saturated heterocycles. The second-order valence-electron chi connectivity index (χ2n) is 4.39. The summed E-state index contributed by atoms with van der Waals surface area (Å²) < 4.78 is 9.84. The van der Waals surface area contributed by atoms with Crippen molar-refractivity contribution in [3.8, 4) is 0 Å². The first-order valence-corrected chi connectivity index (χ1v) is 6.44. The molecule has 2 aromatic rings. The third-order valence-electron chi connectivity index (χ3n) is 3.16. The zero-order valence-corrected chi connectivity index (χ0v) is 11.5. The normalized spacial score (nSPS) is 11.9. The molecular weight excluding hydrogens is 256 g/mol. The van der Waals surface area contributed by atoms with E-state index in [2.05, 4.69) is 4.74 Å². The Balaban J connectivity index is 2.25. The lowest BCUT2D eigenvalue weighted by Gasteiger charge is -2.12. The molecule has 1 atom stereocenters. The van der Waals surface area contributed by atoms with Crippen LogP contribution in [0.4, 0.5) is 0 Å². The first kappa shape index (κ1) is 14.1. The van der Waals surface area contributed by atoms with Crippen molar-refractivity contribution in [3.05, 3.63) is 59.5 Å². The minimum absolute atomic E-state index is 0.0405. The van der Waals surface area contributed by atoms with Crippen LogP contribution in [0.2, 0.25) is 0 Å². The van der Waals surface area contributed by atoms with E-state index < -0.39 is 5.97 Å². The Labute approximate surface area is 117 Å². The standard InChI is InChI=1S/C16H16O4/c1-3-12(11-7-5-4-6-8-11)15(17)13-9-10-14(20-13)16(18)19-2/h4-10,12H,3H2,1-2H3.